The molecule has 1 nitrogen and oxygen atoms in total. The van der Waals surface area contributed by atoms with Gasteiger partial charge in [-0.3, -0.25) is 0 Å². The molecule has 0 N–H and O–H groups in total. The van der Waals surface area contributed by atoms with E-state index in [0.29, 0.717) is 0 Å². The first-order chi connectivity index (χ1) is 4.66. The molecule has 2 heteroatoms. The first kappa shape index (κ1) is 7.30. The first-order valence-corrected chi connectivity index (χ1v) is 3.92. The third-order valence-corrected chi connectivity index (χ3v) is 2.97. The second-order valence-electron chi connectivity index (χ2n) is 2.33. The van der Waals surface area contributed by atoms with Crippen LogP contribution in [0.25, 0.3) is 4.85 Å². The predicted molar refractivity (Wildman–Crippen MR) is 44.8 cm³/mol. The van der Waals surface area contributed by atoms with Crippen LogP contribution in [0.4, 0.5) is 5.00 Å². The Morgan fingerprint density at radius 2 is 1.80 bits per heavy atom. The number of nitrogens with zero attached hydrogens (tertiary/aromatic N) is 1. The second-order valence-corrected chi connectivity index (χ2v) is 3.53. The maximum Gasteiger partial charge on any atom is 0.244 e. The fourth-order valence-corrected chi connectivity index (χ4v) is 1.78. The summed E-state index contributed by atoms with van der Waals surface area (Å²) in [6.45, 7) is 13.0. The molecular formula is C8H9NS. The molecule has 1 aromatic heterocycles. The zero-order valence-corrected chi connectivity index (χ0v) is 7.17. The van der Waals surface area contributed by atoms with E-state index in [1.807, 2.05) is 6.92 Å². The Labute approximate surface area is 65.1 Å². The minimum atomic E-state index is 0.843. The van der Waals surface area contributed by atoms with Crippen molar-refractivity contribution >= 4 is 16.3 Å². The highest BCUT2D eigenvalue weighted by atomic mass is 32.1. The lowest BCUT2D eigenvalue weighted by molar-refractivity contribution is 1.36. The monoisotopic (exact) mass is 151 g/mol. The summed E-state index contributed by atoms with van der Waals surface area (Å²) in [5, 5.41) is 0.843. The van der Waals surface area contributed by atoms with Crippen LogP contribution < -0.4 is 0 Å². The van der Waals surface area contributed by atoms with Gasteiger partial charge < -0.3 is 0 Å². The maximum atomic E-state index is 6.83. The summed E-state index contributed by atoms with van der Waals surface area (Å²) >= 11 is 1.59. The third-order valence-electron chi connectivity index (χ3n) is 1.76. The van der Waals surface area contributed by atoms with Crippen molar-refractivity contribution in [3.05, 3.63) is 27.4 Å². The quantitative estimate of drug-likeness (QED) is 0.501. The Kier molecular flexibility index (Phi) is 1.78. The van der Waals surface area contributed by atoms with E-state index in [1.54, 1.807) is 11.3 Å². The van der Waals surface area contributed by atoms with Crippen LogP contribution in [0.1, 0.15) is 16.0 Å². The zero-order valence-electron chi connectivity index (χ0n) is 6.36. The fraction of sp³-hybridized carbons (Fsp3) is 0.375. The molecule has 0 fully saturated rings. The summed E-state index contributed by atoms with van der Waals surface area (Å²) in [5.74, 6) is 0. The largest absolute Gasteiger partial charge is 0.244 e. The van der Waals surface area contributed by atoms with Gasteiger partial charge in [-0.1, -0.05) is 0 Å². The summed E-state index contributed by atoms with van der Waals surface area (Å²) in [4.78, 5) is 4.69. The molecule has 0 aliphatic heterocycles. The highest BCUT2D eigenvalue weighted by Crippen LogP contribution is 2.33. The van der Waals surface area contributed by atoms with Crippen LogP contribution in [-0.4, -0.2) is 0 Å². The highest BCUT2D eigenvalue weighted by Gasteiger charge is 2.06. The van der Waals surface area contributed by atoms with Gasteiger partial charge in [0.15, 0.2) is 0 Å². The topological polar surface area (TPSA) is 4.36 Å². The van der Waals surface area contributed by atoms with Gasteiger partial charge in [-0.05, 0) is 36.8 Å². The minimum absolute atomic E-state index is 0.843. The summed E-state index contributed by atoms with van der Waals surface area (Å²) in [6.07, 6.45) is 0. The first-order valence-electron chi connectivity index (χ1n) is 3.11. The molecule has 1 rings (SSSR count). The van der Waals surface area contributed by atoms with Gasteiger partial charge >= 0.3 is 0 Å². The van der Waals surface area contributed by atoms with Gasteiger partial charge in [-0.2, -0.15) is 11.3 Å². The molecule has 10 heavy (non-hydrogen) atoms. The lowest BCUT2D eigenvalue weighted by Gasteiger charge is -1.88. The van der Waals surface area contributed by atoms with E-state index in [9.17, 15) is 0 Å². The number of thiophene rings is 1. The summed E-state index contributed by atoms with van der Waals surface area (Å²) in [6, 6.07) is 0. The Balaban J connectivity index is 3.34. The van der Waals surface area contributed by atoms with Crippen molar-refractivity contribution < 1.29 is 0 Å². The standard InChI is InChI=1S/C8H9NS/c1-5-6(2)8(9-4)10-7(5)3/h1-3H3. The molecule has 0 radical (unpaired) electrons. The van der Waals surface area contributed by atoms with Crippen LogP contribution in [0.2, 0.25) is 0 Å². The number of hydrogen-bond donors (Lipinski definition) is 0. The van der Waals surface area contributed by atoms with Gasteiger partial charge in [0.25, 0.3) is 0 Å². The molecule has 0 atom stereocenters. The highest BCUT2D eigenvalue weighted by molar-refractivity contribution is 7.16. The van der Waals surface area contributed by atoms with Crippen LogP contribution in [0, 0.1) is 27.3 Å². The van der Waals surface area contributed by atoms with E-state index in [2.05, 4.69) is 18.7 Å². The Morgan fingerprint density at radius 3 is 2.00 bits per heavy atom. The van der Waals surface area contributed by atoms with Crippen molar-refractivity contribution in [2.45, 2.75) is 20.8 Å². The van der Waals surface area contributed by atoms with Gasteiger partial charge in [-0.15, -0.1) is 0 Å². The van der Waals surface area contributed by atoms with Gasteiger partial charge in [0.1, 0.15) is 0 Å². The van der Waals surface area contributed by atoms with Crippen molar-refractivity contribution in [1.29, 1.82) is 0 Å². The van der Waals surface area contributed by atoms with Crippen molar-refractivity contribution in [2.75, 3.05) is 0 Å². The Morgan fingerprint density at radius 1 is 1.20 bits per heavy atom. The molecule has 0 spiro atoms. The van der Waals surface area contributed by atoms with E-state index in [0.717, 1.165) is 10.6 Å². The van der Waals surface area contributed by atoms with E-state index in [4.69, 9.17) is 6.57 Å². The van der Waals surface area contributed by atoms with Crippen molar-refractivity contribution in [2.24, 2.45) is 0 Å². The molecule has 0 aliphatic carbocycles. The van der Waals surface area contributed by atoms with Crippen LogP contribution in [0.5, 0.6) is 0 Å². The molecule has 0 saturated heterocycles. The van der Waals surface area contributed by atoms with Crippen LogP contribution >= 0.6 is 11.3 Å². The smallest absolute Gasteiger partial charge is 0.226 e. The second kappa shape index (κ2) is 2.43. The molecule has 0 aliphatic rings. The lowest BCUT2D eigenvalue weighted by Crippen LogP contribution is -1.71. The maximum absolute atomic E-state index is 6.83. The molecule has 0 amide bonds. The molecule has 0 saturated carbocycles. The zero-order chi connectivity index (χ0) is 7.72. The van der Waals surface area contributed by atoms with Crippen LogP contribution in [0.15, 0.2) is 0 Å². The fourth-order valence-electron chi connectivity index (χ4n) is 0.829. The minimum Gasteiger partial charge on any atom is -0.226 e. The van der Waals surface area contributed by atoms with Gasteiger partial charge in [0.2, 0.25) is 5.00 Å². The van der Waals surface area contributed by atoms with Crippen molar-refractivity contribution in [3.8, 4) is 0 Å². The number of aryl methyl sites for hydroxylation is 1. The van der Waals surface area contributed by atoms with Gasteiger partial charge in [0.05, 0.1) is 6.57 Å². The van der Waals surface area contributed by atoms with E-state index < -0.39 is 0 Å². The normalized spacial score (nSPS) is 9.40. The molecule has 1 heterocycles. The molecule has 52 valence electrons. The van der Waals surface area contributed by atoms with E-state index in [1.165, 1.54) is 10.4 Å². The summed E-state index contributed by atoms with van der Waals surface area (Å²) in [7, 11) is 0. The molecule has 0 bridgehead atoms. The Hall–Kier alpha value is -0.810. The Bertz CT molecular complexity index is 291. The van der Waals surface area contributed by atoms with E-state index >= 15 is 0 Å². The van der Waals surface area contributed by atoms with Gasteiger partial charge in [-0.25, -0.2) is 4.85 Å². The van der Waals surface area contributed by atoms with Crippen LogP contribution in [0.3, 0.4) is 0 Å². The number of rotatable bonds is 0. The molecule has 1 aromatic rings. The predicted octanol–water partition coefficient (Wildman–Crippen LogP) is 3.22. The summed E-state index contributed by atoms with van der Waals surface area (Å²) < 4.78 is 0. The lowest BCUT2D eigenvalue weighted by atomic mass is 10.2. The average molecular weight is 151 g/mol. The average Bonchev–Trinajstić information content (AvgIpc) is 2.17. The molecule has 0 aromatic carbocycles. The summed E-state index contributed by atoms with van der Waals surface area (Å²) in [5.41, 5.74) is 2.42. The third kappa shape index (κ3) is 0.932. The number of hydrogen-bond acceptors (Lipinski definition) is 1. The van der Waals surface area contributed by atoms with Crippen molar-refractivity contribution in [3.63, 3.8) is 0 Å². The SMILES string of the molecule is [C-]#[N+]c1sc(C)c(C)c1C. The molecule has 0 unspecified atom stereocenters. The van der Waals surface area contributed by atoms with Gasteiger partial charge in [0, 0.05) is 0 Å². The van der Waals surface area contributed by atoms with Crippen molar-refractivity contribution in [1.82, 2.24) is 0 Å². The van der Waals surface area contributed by atoms with Crippen LogP contribution in [-0.2, 0) is 0 Å². The molecular weight excluding hydrogens is 142 g/mol. The van der Waals surface area contributed by atoms with E-state index in [-0.39, 0.29) is 0 Å².